The van der Waals surface area contributed by atoms with Crippen LogP contribution < -0.4 is 0 Å². The van der Waals surface area contributed by atoms with E-state index in [9.17, 15) is 40.2 Å². The predicted octanol–water partition coefficient (Wildman–Crippen LogP) is -3.42. The van der Waals surface area contributed by atoms with Gasteiger partial charge in [0.15, 0.2) is 18.7 Å². The molecular formula is C16H26O12. The molecule has 0 spiro atoms. The zero-order chi connectivity index (χ0) is 21.2. The Balaban J connectivity index is 2.22. The van der Waals surface area contributed by atoms with E-state index in [1.807, 2.05) is 0 Å². The van der Waals surface area contributed by atoms with Crippen molar-refractivity contribution in [1.29, 1.82) is 0 Å². The molecule has 12 heteroatoms. The van der Waals surface area contributed by atoms with Crippen LogP contribution in [0.25, 0.3) is 0 Å². The Morgan fingerprint density at radius 1 is 1.00 bits per heavy atom. The molecule has 0 amide bonds. The lowest BCUT2D eigenvalue weighted by Gasteiger charge is -2.46. The van der Waals surface area contributed by atoms with Gasteiger partial charge >= 0.3 is 5.97 Å². The molecule has 2 rings (SSSR count). The lowest BCUT2D eigenvalue weighted by Crippen LogP contribution is -2.64. The third-order valence-corrected chi connectivity index (χ3v) is 4.88. The maximum absolute atomic E-state index is 11.4. The number of carboxylic acids is 1. The fraction of sp³-hybridized carbons (Fsp3) is 0.875. The van der Waals surface area contributed by atoms with Crippen molar-refractivity contribution < 1.29 is 59.2 Å². The first-order valence-electron chi connectivity index (χ1n) is 8.66. The monoisotopic (exact) mass is 410 g/mol. The van der Waals surface area contributed by atoms with Gasteiger partial charge in [-0.1, -0.05) is 0 Å². The van der Waals surface area contributed by atoms with E-state index in [4.69, 9.17) is 18.9 Å². The number of Topliss-reactive ketones (excluding diaryl/α,β-unsaturated/α-hetero) is 1. The van der Waals surface area contributed by atoms with Crippen LogP contribution in [0.15, 0.2) is 0 Å². The molecule has 6 N–H and O–H groups in total. The fourth-order valence-electron chi connectivity index (χ4n) is 3.42. The van der Waals surface area contributed by atoms with Gasteiger partial charge in [0.1, 0.15) is 36.3 Å². The van der Waals surface area contributed by atoms with Gasteiger partial charge in [0.05, 0.1) is 12.7 Å². The van der Waals surface area contributed by atoms with Crippen LogP contribution in [0.1, 0.15) is 13.3 Å². The smallest absolute Gasteiger partial charge is 0.335 e. The molecular weight excluding hydrogens is 384 g/mol. The highest BCUT2D eigenvalue weighted by Gasteiger charge is 2.52. The molecule has 0 aromatic heterocycles. The molecule has 4 unspecified atom stereocenters. The number of aliphatic hydroxyl groups excluding tert-OH is 5. The van der Waals surface area contributed by atoms with Gasteiger partial charge in [-0.3, -0.25) is 0 Å². The van der Waals surface area contributed by atoms with Crippen LogP contribution in [0.4, 0.5) is 0 Å². The fourth-order valence-corrected chi connectivity index (χ4v) is 3.42. The second-order valence-corrected chi connectivity index (χ2v) is 6.85. The summed E-state index contributed by atoms with van der Waals surface area (Å²) in [7, 11) is 1.13. The number of aliphatic carboxylic acids is 1. The first-order chi connectivity index (χ1) is 13.1. The van der Waals surface area contributed by atoms with E-state index in [1.165, 1.54) is 6.92 Å². The minimum atomic E-state index is -1.75. The highest BCUT2D eigenvalue weighted by molar-refractivity contribution is 5.75. The highest BCUT2D eigenvalue weighted by atomic mass is 16.7. The number of hydrogen-bond donors (Lipinski definition) is 6. The maximum atomic E-state index is 11.4. The Labute approximate surface area is 160 Å². The Kier molecular flexibility index (Phi) is 7.84. The van der Waals surface area contributed by atoms with Crippen LogP contribution in [0.3, 0.4) is 0 Å². The number of carboxylic acid groups (broad SMARTS) is 1. The average Bonchev–Trinajstić information content (AvgIpc) is 2.63. The minimum Gasteiger partial charge on any atom is -0.479 e. The van der Waals surface area contributed by atoms with Crippen LogP contribution in [0, 0.1) is 5.92 Å². The van der Waals surface area contributed by atoms with E-state index in [0.717, 1.165) is 7.11 Å². The lowest BCUT2D eigenvalue weighted by molar-refractivity contribution is -0.347. The van der Waals surface area contributed by atoms with Gasteiger partial charge in [-0.2, -0.15) is 0 Å². The van der Waals surface area contributed by atoms with Gasteiger partial charge in [0, 0.05) is 19.4 Å². The minimum absolute atomic E-state index is 0.249. The topological polar surface area (TPSA) is 192 Å². The quantitative estimate of drug-likeness (QED) is 0.244. The Morgan fingerprint density at radius 2 is 1.64 bits per heavy atom. The van der Waals surface area contributed by atoms with Crippen molar-refractivity contribution in [3.8, 4) is 0 Å². The molecule has 0 aromatic rings. The molecule has 0 aliphatic carbocycles. The zero-order valence-electron chi connectivity index (χ0n) is 15.3. The molecule has 0 aromatic carbocycles. The summed E-state index contributed by atoms with van der Waals surface area (Å²) >= 11 is 0. The summed E-state index contributed by atoms with van der Waals surface area (Å²) < 4.78 is 20.7. The van der Waals surface area contributed by atoms with Crippen molar-refractivity contribution in [2.24, 2.45) is 5.92 Å². The Morgan fingerprint density at radius 3 is 2.14 bits per heavy atom. The van der Waals surface area contributed by atoms with Crippen molar-refractivity contribution in [2.45, 2.75) is 68.7 Å². The Bertz CT molecular complexity index is 556. The molecule has 2 aliphatic heterocycles. The lowest BCUT2D eigenvalue weighted by atomic mass is 9.87. The van der Waals surface area contributed by atoms with E-state index >= 15 is 0 Å². The average molecular weight is 410 g/mol. The summed E-state index contributed by atoms with van der Waals surface area (Å²) in [5, 5.41) is 59.6. The zero-order valence-corrected chi connectivity index (χ0v) is 15.3. The number of hydrogen-bond acceptors (Lipinski definition) is 11. The van der Waals surface area contributed by atoms with Crippen molar-refractivity contribution in [1.82, 2.24) is 0 Å². The molecule has 12 nitrogen and oxygen atoms in total. The second-order valence-electron chi connectivity index (χ2n) is 6.85. The number of ketones is 1. The van der Waals surface area contributed by atoms with Crippen LogP contribution in [-0.4, -0.2) is 111 Å². The molecule has 162 valence electrons. The van der Waals surface area contributed by atoms with Crippen molar-refractivity contribution in [2.75, 3.05) is 13.7 Å². The normalized spacial score (nSPS) is 44.2. The van der Waals surface area contributed by atoms with Crippen LogP contribution in [0.5, 0.6) is 0 Å². The number of ether oxygens (including phenoxy) is 4. The van der Waals surface area contributed by atoms with Crippen LogP contribution in [0.2, 0.25) is 0 Å². The summed E-state index contributed by atoms with van der Waals surface area (Å²) in [5.41, 5.74) is 0. The first-order valence-corrected chi connectivity index (χ1v) is 8.66. The molecule has 28 heavy (non-hydrogen) atoms. The number of rotatable bonds is 7. The SMILES string of the molecule is CO[C@@H]1C(C(=O)O)O[C@@H](O[C@@H]2C(CO)O[C@@H](O)C(CC(C)=O)[C@H]2O)C(O)[C@H]1O. The number of carbonyl (C=O) groups is 2. The third-order valence-electron chi connectivity index (χ3n) is 4.88. The van der Waals surface area contributed by atoms with Gasteiger partial charge in [-0.05, 0) is 6.92 Å². The second kappa shape index (κ2) is 9.52. The molecule has 2 aliphatic rings. The molecule has 0 radical (unpaired) electrons. The molecule has 0 saturated carbocycles. The van der Waals surface area contributed by atoms with Gasteiger partial charge in [0.2, 0.25) is 0 Å². The molecule has 0 bridgehead atoms. The van der Waals surface area contributed by atoms with E-state index < -0.39 is 73.8 Å². The molecule has 2 saturated heterocycles. The molecule has 10 atom stereocenters. The highest BCUT2D eigenvalue weighted by Crippen LogP contribution is 2.33. The van der Waals surface area contributed by atoms with E-state index in [0.29, 0.717) is 0 Å². The summed E-state index contributed by atoms with van der Waals surface area (Å²) in [4.78, 5) is 22.8. The molecule has 2 heterocycles. The van der Waals surface area contributed by atoms with Gasteiger partial charge < -0.3 is 54.4 Å². The van der Waals surface area contributed by atoms with E-state index in [1.54, 1.807) is 0 Å². The van der Waals surface area contributed by atoms with Crippen LogP contribution in [-0.2, 0) is 28.5 Å². The summed E-state index contributed by atoms with van der Waals surface area (Å²) in [6.07, 6.45) is -14.2. The van der Waals surface area contributed by atoms with Crippen molar-refractivity contribution in [3.63, 3.8) is 0 Å². The number of carbonyl (C=O) groups excluding carboxylic acids is 1. The summed E-state index contributed by atoms with van der Waals surface area (Å²) in [6, 6.07) is 0. The third kappa shape index (κ3) is 4.67. The Hall–Kier alpha value is -1.22. The van der Waals surface area contributed by atoms with Gasteiger partial charge in [-0.25, -0.2) is 4.79 Å². The number of methoxy groups -OCH3 is 1. The predicted molar refractivity (Wildman–Crippen MR) is 86.7 cm³/mol. The number of aliphatic hydroxyl groups is 5. The van der Waals surface area contributed by atoms with Crippen molar-refractivity contribution in [3.05, 3.63) is 0 Å². The first kappa shape index (κ1) is 23.1. The largest absolute Gasteiger partial charge is 0.479 e. The van der Waals surface area contributed by atoms with E-state index in [2.05, 4.69) is 0 Å². The van der Waals surface area contributed by atoms with Crippen molar-refractivity contribution >= 4 is 11.8 Å². The molecule has 2 fully saturated rings. The maximum Gasteiger partial charge on any atom is 0.335 e. The summed E-state index contributed by atoms with van der Waals surface area (Å²) in [6.45, 7) is 0.556. The standard InChI is InChI=1S/C16H26O12/c1-5(18)3-6-8(19)11(7(4-17)26-15(6)24)27-16-10(21)9(20)12(25-2)13(28-16)14(22)23/h6-13,15-17,19-21,24H,3-4H2,1-2H3,(H,22,23)/t6?,7?,8-,9-,10?,11-,12+,13?,15-,16-/m1/s1. The van der Waals surface area contributed by atoms with Gasteiger partial charge in [0.25, 0.3) is 0 Å². The van der Waals surface area contributed by atoms with Gasteiger partial charge in [-0.15, -0.1) is 0 Å². The summed E-state index contributed by atoms with van der Waals surface area (Å²) in [5.74, 6) is -2.90. The van der Waals surface area contributed by atoms with Crippen LogP contribution >= 0.6 is 0 Å². The van der Waals surface area contributed by atoms with E-state index in [-0.39, 0.29) is 12.2 Å².